The lowest BCUT2D eigenvalue weighted by Gasteiger charge is -2.32. The second kappa shape index (κ2) is 7.92. The van der Waals surface area contributed by atoms with E-state index < -0.39 is 41.1 Å². The number of esters is 1. The highest BCUT2D eigenvalue weighted by Crippen LogP contribution is 2.52. The molecular weight excluding hydrogens is 407 g/mol. The van der Waals surface area contributed by atoms with Crippen LogP contribution in [-0.4, -0.2) is 29.9 Å². The lowest BCUT2D eigenvalue weighted by Crippen LogP contribution is -2.56. The molecule has 4 atom stereocenters. The molecule has 0 aliphatic carbocycles. The van der Waals surface area contributed by atoms with Gasteiger partial charge in [-0.3, -0.25) is 19.7 Å². The number of carbonyl (C=O) groups excluding carboxylic acids is 3. The van der Waals surface area contributed by atoms with Gasteiger partial charge in [-0.25, -0.2) is 9.29 Å². The van der Waals surface area contributed by atoms with E-state index in [1.165, 1.54) is 35.6 Å². The maximum Gasteiger partial charge on any atom is 0.327 e. The Morgan fingerprint density at radius 2 is 1.93 bits per heavy atom. The van der Waals surface area contributed by atoms with Gasteiger partial charge in [0.1, 0.15) is 11.4 Å². The fourth-order valence-corrected chi connectivity index (χ4v) is 5.56. The summed E-state index contributed by atoms with van der Waals surface area (Å²) >= 11 is 1.47. The molecule has 0 radical (unpaired) electrons. The SMILES string of the molecule is CCC[C@@]1(C(=O)OCC)N[C@@H](c2cccs2)[C@H]2C(=O)N(c3ccc(F)cc3)C(=O)[C@H]21. The monoisotopic (exact) mass is 430 g/mol. The number of nitrogens with zero attached hydrogens (tertiary/aromatic N) is 1. The molecule has 1 N–H and O–H groups in total. The lowest BCUT2D eigenvalue weighted by molar-refractivity contribution is -0.155. The number of benzene rings is 1. The summed E-state index contributed by atoms with van der Waals surface area (Å²) in [5.41, 5.74) is -0.981. The topological polar surface area (TPSA) is 75.7 Å². The Hall–Kier alpha value is -2.58. The number of imide groups is 1. The number of fused-ring (bicyclic) bond motifs is 1. The van der Waals surface area contributed by atoms with Gasteiger partial charge in [0.05, 0.1) is 30.2 Å². The van der Waals surface area contributed by atoms with E-state index in [0.717, 1.165) is 9.78 Å². The molecule has 2 aliphatic rings. The van der Waals surface area contributed by atoms with Gasteiger partial charge in [0.15, 0.2) is 0 Å². The Bertz CT molecular complexity index is 962. The maximum atomic E-state index is 13.6. The summed E-state index contributed by atoms with van der Waals surface area (Å²) in [6.07, 6.45) is 0.995. The van der Waals surface area contributed by atoms with E-state index in [1.54, 1.807) is 6.92 Å². The van der Waals surface area contributed by atoms with Gasteiger partial charge in [0.2, 0.25) is 11.8 Å². The van der Waals surface area contributed by atoms with Crippen molar-refractivity contribution in [3.05, 3.63) is 52.5 Å². The molecular formula is C22H23FN2O4S. The summed E-state index contributed by atoms with van der Waals surface area (Å²) in [4.78, 5) is 42.2. The largest absolute Gasteiger partial charge is 0.465 e. The van der Waals surface area contributed by atoms with Crippen molar-refractivity contribution in [1.29, 1.82) is 0 Å². The van der Waals surface area contributed by atoms with Crippen LogP contribution in [0.3, 0.4) is 0 Å². The number of carbonyl (C=O) groups is 3. The molecule has 2 aromatic rings. The van der Waals surface area contributed by atoms with Gasteiger partial charge in [-0.15, -0.1) is 11.3 Å². The summed E-state index contributed by atoms with van der Waals surface area (Å²) in [5.74, 6) is -3.43. The van der Waals surface area contributed by atoms with Crippen LogP contribution < -0.4 is 10.2 Å². The quantitative estimate of drug-likeness (QED) is 0.561. The van der Waals surface area contributed by atoms with Crippen molar-refractivity contribution in [3.8, 4) is 0 Å². The average molecular weight is 431 g/mol. The summed E-state index contributed by atoms with van der Waals surface area (Å²) in [5, 5.41) is 5.24. The molecule has 0 bridgehead atoms. The number of ether oxygens (including phenoxy) is 1. The highest BCUT2D eigenvalue weighted by atomic mass is 32.1. The maximum absolute atomic E-state index is 13.6. The number of halogens is 1. The molecule has 0 spiro atoms. The van der Waals surface area contributed by atoms with Gasteiger partial charge in [-0.2, -0.15) is 0 Å². The standard InChI is InChI=1S/C22H23FN2O4S/c1-3-11-22(21(28)29-4-2)17-16(18(24-22)15-6-5-12-30-15)19(26)25(20(17)27)14-9-7-13(23)8-10-14/h5-10,12,16-18,24H,3-4,11H2,1-2H3/t16-,17-,18-,22+/m0/s1. The van der Waals surface area contributed by atoms with Gasteiger partial charge in [0.25, 0.3) is 0 Å². The predicted molar refractivity (Wildman–Crippen MR) is 110 cm³/mol. The van der Waals surface area contributed by atoms with E-state index in [4.69, 9.17) is 4.74 Å². The molecule has 0 unspecified atom stereocenters. The number of rotatable bonds is 6. The van der Waals surface area contributed by atoms with Crippen molar-refractivity contribution in [1.82, 2.24) is 5.32 Å². The highest BCUT2D eigenvalue weighted by Gasteiger charge is 2.68. The summed E-state index contributed by atoms with van der Waals surface area (Å²) in [6.45, 7) is 3.82. The Kier molecular flexibility index (Phi) is 5.46. The minimum atomic E-state index is -1.29. The third-order valence-electron chi connectivity index (χ3n) is 5.87. The molecule has 2 fully saturated rings. The first-order valence-electron chi connectivity index (χ1n) is 10.1. The Balaban J connectivity index is 1.84. The minimum Gasteiger partial charge on any atom is -0.465 e. The molecule has 1 aromatic heterocycles. The van der Waals surface area contributed by atoms with Crippen molar-refractivity contribution in [2.45, 2.75) is 38.3 Å². The molecule has 158 valence electrons. The van der Waals surface area contributed by atoms with Crippen LogP contribution in [0.25, 0.3) is 0 Å². The predicted octanol–water partition coefficient (Wildman–Crippen LogP) is 3.44. The molecule has 1 aromatic carbocycles. The van der Waals surface area contributed by atoms with E-state index in [1.807, 2.05) is 24.4 Å². The van der Waals surface area contributed by atoms with Crippen LogP contribution in [0, 0.1) is 17.7 Å². The van der Waals surface area contributed by atoms with Crippen LogP contribution in [0.2, 0.25) is 0 Å². The first kappa shape index (κ1) is 20.7. The number of anilines is 1. The van der Waals surface area contributed by atoms with E-state index in [9.17, 15) is 18.8 Å². The molecule has 2 amide bonds. The first-order chi connectivity index (χ1) is 14.4. The summed E-state index contributed by atoms with van der Waals surface area (Å²) in [6, 6.07) is 8.53. The Morgan fingerprint density at radius 3 is 2.53 bits per heavy atom. The molecule has 30 heavy (non-hydrogen) atoms. The second-order valence-electron chi connectivity index (χ2n) is 7.57. The molecule has 2 aliphatic heterocycles. The van der Waals surface area contributed by atoms with Crippen molar-refractivity contribution < 1.29 is 23.5 Å². The average Bonchev–Trinajstić information content (AvgIpc) is 3.41. The number of nitrogens with one attached hydrogen (secondary N) is 1. The fourth-order valence-electron chi connectivity index (χ4n) is 4.73. The van der Waals surface area contributed by atoms with E-state index >= 15 is 0 Å². The minimum absolute atomic E-state index is 0.177. The zero-order valence-electron chi connectivity index (χ0n) is 16.8. The smallest absolute Gasteiger partial charge is 0.327 e. The van der Waals surface area contributed by atoms with Crippen molar-refractivity contribution in [3.63, 3.8) is 0 Å². The molecule has 3 heterocycles. The molecule has 6 nitrogen and oxygen atoms in total. The van der Waals surface area contributed by atoms with Crippen molar-refractivity contribution in [2.75, 3.05) is 11.5 Å². The fraction of sp³-hybridized carbons (Fsp3) is 0.409. The van der Waals surface area contributed by atoms with Crippen LogP contribution in [0.1, 0.15) is 37.6 Å². The number of hydrogen-bond donors (Lipinski definition) is 1. The van der Waals surface area contributed by atoms with E-state index in [-0.39, 0.29) is 12.5 Å². The zero-order chi connectivity index (χ0) is 21.5. The van der Waals surface area contributed by atoms with Crippen LogP contribution >= 0.6 is 11.3 Å². The first-order valence-corrected chi connectivity index (χ1v) is 10.9. The third-order valence-corrected chi connectivity index (χ3v) is 6.83. The number of amides is 2. The molecule has 2 saturated heterocycles. The van der Waals surface area contributed by atoms with Gasteiger partial charge in [-0.05, 0) is 49.1 Å². The lowest BCUT2D eigenvalue weighted by atomic mass is 9.77. The van der Waals surface area contributed by atoms with Gasteiger partial charge in [0, 0.05) is 4.88 Å². The Labute approximate surface area is 178 Å². The van der Waals surface area contributed by atoms with Crippen LogP contribution in [0.15, 0.2) is 41.8 Å². The second-order valence-corrected chi connectivity index (χ2v) is 8.55. The van der Waals surface area contributed by atoms with Gasteiger partial charge < -0.3 is 4.74 Å². The zero-order valence-corrected chi connectivity index (χ0v) is 17.6. The van der Waals surface area contributed by atoms with Crippen LogP contribution in [0.5, 0.6) is 0 Å². The number of thiophene rings is 1. The van der Waals surface area contributed by atoms with Crippen molar-refractivity contribution in [2.24, 2.45) is 11.8 Å². The van der Waals surface area contributed by atoms with Crippen LogP contribution in [0.4, 0.5) is 10.1 Å². The Morgan fingerprint density at radius 1 is 1.20 bits per heavy atom. The molecule has 4 rings (SSSR count). The van der Waals surface area contributed by atoms with Gasteiger partial charge >= 0.3 is 5.97 Å². The highest BCUT2D eigenvalue weighted by molar-refractivity contribution is 7.10. The summed E-state index contributed by atoms with van der Waals surface area (Å²) < 4.78 is 18.8. The summed E-state index contributed by atoms with van der Waals surface area (Å²) in [7, 11) is 0. The normalized spacial score (nSPS) is 28.1. The van der Waals surface area contributed by atoms with E-state index in [0.29, 0.717) is 18.5 Å². The van der Waals surface area contributed by atoms with Gasteiger partial charge in [-0.1, -0.05) is 19.4 Å². The van der Waals surface area contributed by atoms with Crippen LogP contribution in [-0.2, 0) is 19.1 Å². The van der Waals surface area contributed by atoms with E-state index in [2.05, 4.69) is 5.32 Å². The number of hydrogen-bond acceptors (Lipinski definition) is 6. The molecule has 8 heteroatoms. The third kappa shape index (κ3) is 3.06. The van der Waals surface area contributed by atoms with Crippen molar-refractivity contribution >= 4 is 34.8 Å². The molecule has 0 saturated carbocycles.